The van der Waals surface area contributed by atoms with Crippen LogP contribution in [-0.4, -0.2) is 59.0 Å². The average Bonchev–Trinajstić information content (AvgIpc) is 3.18. The number of fused-ring (bicyclic) bond motifs is 1. The Bertz CT molecular complexity index is 679. The van der Waals surface area contributed by atoms with Crippen LogP contribution in [0.1, 0.15) is 30.1 Å². The van der Waals surface area contributed by atoms with Crippen molar-refractivity contribution in [3.8, 4) is 5.75 Å². The number of likely N-dealkylation sites (tertiary alicyclic amines) is 1. The van der Waals surface area contributed by atoms with E-state index in [0.717, 1.165) is 19.5 Å². The Morgan fingerprint density at radius 1 is 1.38 bits per heavy atom. The molecule has 2 aromatic rings. The van der Waals surface area contributed by atoms with Gasteiger partial charge in [-0.2, -0.15) is 15.4 Å². The Balaban J connectivity index is 0.00000144. The van der Waals surface area contributed by atoms with Crippen molar-refractivity contribution >= 4 is 41.8 Å². The Labute approximate surface area is 153 Å². The fourth-order valence-corrected chi connectivity index (χ4v) is 3.06. The number of aromatic nitrogens is 3. The monoisotopic (exact) mass is 375 g/mol. The minimum Gasteiger partial charge on any atom is -0.496 e. The van der Waals surface area contributed by atoms with Crippen LogP contribution in [0, 0.1) is 0 Å². The summed E-state index contributed by atoms with van der Waals surface area (Å²) in [5, 5.41) is 13.6. The van der Waals surface area contributed by atoms with Crippen LogP contribution < -0.4 is 10.1 Å². The summed E-state index contributed by atoms with van der Waals surface area (Å²) in [7, 11) is 1.55. The summed E-state index contributed by atoms with van der Waals surface area (Å²) >= 11 is 0. The molecule has 1 aromatic carbocycles. The summed E-state index contributed by atoms with van der Waals surface area (Å²) in [5.41, 5.74) is 1.83. The number of ether oxygens (including phenoxy) is 1. The third-order valence-corrected chi connectivity index (χ3v) is 4.29. The second-order valence-corrected chi connectivity index (χ2v) is 5.50. The van der Waals surface area contributed by atoms with E-state index in [0.29, 0.717) is 34.9 Å². The minimum absolute atomic E-state index is 0. The zero-order valence-corrected chi connectivity index (χ0v) is 15.4. The van der Waals surface area contributed by atoms with Crippen molar-refractivity contribution < 1.29 is 9.53 Å². The molecular weight excluding hydrogens is 353 g/mol. The molecule has 0 aliphatic carbocycles. The van der Waals surface area contributed by atoms with Gasteiger partial charge in [-0.1, -0.05) is 6.92 Å². The van der Waals surface area contributed by atoms with E-state index in [-0.39, 0.29) is 30.7 Å². The number of amides is 1. The second kappa shape index (κ2) is 9.05. The summed E-state index contributed by atoms with van der Waals surface area (Å²) in [6.45, 7) is 4.95. The number of benzene rings is 1. The number of H-pyrrole nitrogens is 1. The van der Waals surface area contributed by atoms with Crippen molar-refractivity contribution in [2.24, 2.45) is 0 Å². The molecule has 9 heteroatoms. The summed E-state index contributed by atoms with van der Waals surface area (Å²) < 4.78 is 5.31. The molecule has 1 saturated heterocycles. The molecule has 134 valence electrons. The van der Waals surface area contributed by atoms with Crippen molar-refractivity contribution in [3.05, 3.63) is 17.7 Å². The molecule has 2 N–H and O–H groups in total. The smallest absolute Gasteiger partial charge is 0.255 e. The standard InChI is InChI=1S/C15H21N5O2.2ClH/c1-3-20-6-4-5-10(20)9-16-15(21)11-7-12-13(18-19-17-12)8-14(11)22-2;;/h7-8,10H,3-6,9H2,1-2H3,(H,16,21)(H,17,18,19);2*1H. The normalized spacial score (nSPS) is 17.2. The summed E-state index contributed by atoms with van der Waals surface area (Å²) in [4.78, 5) is 14.9. The van der Waals surface area contributed by atoms with Crippen LogP contribution in [0.15, 0.2) is 12.1 Å². The van der Waals surface area contributed by atoms with Crippen LogP contribution >= 0.6 is 24.8 Å². The topological polar surface area (TPSA) is 83.1 Å². The number of hydrogen-bond donors (Lipinski definition) is 2. The highest BCUT2D eigenvalue weighted by molar-refractivity contribution is 6.00. The van der Waals surface area contributed by atoms with E-state index in [1.807, 2.05) is 0 Å². The van der Waals surface area contributed by atoms with Gasteiger partial charge in [0.05, 0.1) is 12.7 Å². The zero-order chi connectivity index (χ0) is 15.5. The lowest BCUT2D eigenvalue weighted by molar-refractivity contribution is 0.0938. The molecule has 1 aromatic heterocycles. The minimum atomic E-state index is -0.135. The number of hydrogen-bond acceptors (Lipinski definition) is 5. The fraction of sp³-hybridized carbons (Fsp3) is 0.533. The molecule has 0 spiro atoms. The van der Waals surface area contributed by atoms with Gasteiger partial charge in [0, 0.05) is 18.7 Å². The molecular formula is C15H23Cl2N5O2. The third-order valence-electron chi connectivity index (χ3n) is 4.29. The number of likely N-dealkylation sites (N-methyl/N-ethyl adjacent to an activating group) is 1. The summed E-state index contributed by atoms with van der Waals surface area (Å²) in [6, 6.07) is 3.86. The molecule has 0 saturated carbocycles. The summed E-state index contributed by atoms with van der Waals surface area (Å²) in [5.74, 6) is 0.377. The molecule has 1 unspecified atom stereocenters. The highest BCUT2D eigenvalue weighted by atomic mass is 35.5. The number of methoxy groups -OCH3 is 1. The molecule has 0 radical (unpaired) electrons. The van der Waals surface area contributed by atoms with E-state index < -0.39 is 0 Å². The molecule has 0 bridgehead atoms. The lowest BCUT2D eigenvalue weighted by Gasteiger charge is -2.23. The van der Waals surface area contributed by atoms with Crippen LogP contribution in [-0.2, 0) is 0 Å². The van der Waals surface area contributed by atoms with E-state index >= 15 is 0 Å². The van der Waals surface area contributed by atoms with Gasteiger partial charge >= 0.3 is 0 Å². The van der Waals surface area contributed by atoms with Crippen molar-refractivity contribution in [3.63, 3.8) is 0 Å². The Morgan fingerprint density at radius 2 is 2.08 bits per heavy atom. The molecule has 1 aliphatic rings. The number of halogens is 2. The predicted octanol–water partition coefficient (Wildman–Crippen LogP) is 2.02. The number of rotatable bonds is 5. The first-order chi connectivity index (χ1) is 10.7. The van der Waals surface area contributed by atoms with Crippen molar-refractivity contribution in [1.29, 1.82) is 0 Å². The highest BCUT2D eigenvalue weighted by Gasteiger charge is 2.24. The van der Waals surface area contributed by atoms with Gasteiger partial charge in [0.25, 0.3) is 5.91 Å². The Morgan fingerprint density at radius 3 is 2.75 bits per heavy atom. The lowest BCUT2D eigenvalue weighted by Crippen LogP contribution is -2.40. The quantitative estimate of drug-likeness (QED) is 0.834. The van der Waals surface area contributed by atoms with Crippen LogP contribution in [0.25, 0.3) is 11.0 Å². The second-order valence-electron chi connectivity index (χ2n) is 5.50. The van der Waals surface area contributed by atoms with Crippen molar-refractivity contribution in [2.45, 2.75) is 25.8 Å². The first-order valence-electron chi connectivity index (χ1n) is 7.63. The van der Waals surface area contributed by atoms with Crippen LogP contribution in [0.4, 0.5) is 0 Å². The largest absolute Gasteiger partial charge is 0.496 e. The first-order valence-corrected chi connectivity index (χ1v) is 7.63. The van der Waals surface area contributed by atoms with E-state index in [9.17, 15) is 4.79 Å². The van der Waals surface area contributed by atoms with Gasteiger partial charge in [0.15, 0.2) is 0 Å². The van der Waals surface area contributed by atoms with Gasteiger partial charge in [-0.15, -0.1) is 24.8 Å². The molecule has 1 atom stereocenters. The third kappa shape index (κ3) is 4.09. The van der Waals surface area contributed by atoms with Crippen LogP contribution in [0.2, 0.25) is 0 Å². The molecule has 3 rings (SSSR count). The molecule has 1 aliphatic heterocycles. The molecule has 1 amide bonds. The van der Waals surface area contributed by atoms with E-state index in [1.165, 1.54) is 6.42 Å². The number of carbonyl (C=O) groups excluding carboxylic acids is 1. The number of carbonyl (C=O) groups is 1. The highest BCUT2D eigenvalue weighted by Crippen LogP contribution is 2.23. The maximum absolute atomic E-state index is 12.5. The summed E-state index contributed by atoms with van der Waals surface area (Å²) in [6.07, 6.45) is 2.33. The van der Waals surface area contributed by atoms with E-state index in [1.54, 1.807) is 19.2 Å². The Hall–Kier alpha value is -1.57. The number of aromatic amines is 1. The predicted molar refractivity (Wildman–Crippen MR) is 97.5 cm³/mol. The van der Waals surface area contributed by atoms with E-state index in [2.05, 4.69) is 32.6 Å². The van der Waals surface area contributed by atoms with Crippen LogP contribution in [0.3, 0.4) is 0 Å². The molecule has 7 nitrogen and oxygen atoms in total. The molecule has 24 heavy (non-hydrogen) atoms. The van der Waals surface area contributed by atoms with Gasteiger partial charge < -0.3 is 10.1 Å². The SMILES string of the molecule is CCN1CCCC1CNC(=O)c1cc2n[nH]nc2cc1OC.Cl.Cl. The van der Waals surface area contributed by atoms with Crippen LogP contribution in [0.5, 0.6) is 5.75 Å². The Kier molecular flexibility index (Phi) is 7.72. The molecule has 2 heterocycles. The van der Waals surface area contributed by atoms with E-state index in [4.69, 9.17) is 4.74 Å². The number of nitrogens with one attached hydrogen (secondary N) is 2. The average molecular weight is 376 g/mol. The van der Waals surface area contributed by atoms with Gasteiger partial charge in [0.1, 0.15) is 16.8 Å². The zero-order valence-electron chi connectivity index (χ0n) is 13.7. The maximum Gasteiger partial charge on any atom is 0.255 e. The van der Waals surface area contributed by atoms with Gasteiger partial charge in [0.2, 0.25) is 0 Å². The number of nitrogens with zero attached hydrogens (tertiary/aromatic N) is 3. The van der Waals surface area contributed by atoms with Crippen molar-refractivity contribution in [1.82, 2.24) is 25.6 Å². The maximum atomic E-state index is 12.5. The van der Waals surface area contributed by atoms with Crippen molar-refractivity contribution in [2.75, 3.05) is 26.7 Å². The van der Waals surface area contributed by atoms with Gasteiger partial charge in [-0.3, -0.25) is 9.69 Å². The van der Waals surface area contributed by atoms with Gasteiger partial charge in [-0.05, 0) is 32.0 Å². The van der Waals surface area contributed by atoms with Gasteiger partial charge in [-0.25, -0.2) is 0 Å². The fourth-order valence-electron chi connectivity index (χ4n) is 3.06. The first kappa shape index (κ1) is 20.5. The molecule has 1 fully saturated rings. The lowest BCUT2D eigenvalue weighted by atomic mass is 10.1.